The molecular formula is C16H16FN. The molecule has 0 amide bonds. The lowest BCUT2D eigenvalue weighted by Crippen LogP contribution is -2.08. The second kappa shape index (κ2) is 4.45. The first-order chi connectivity index (χ1) is 8.74. The second-order valence-corrected chi connectivity index (χ2v) is 4.92. The molecule has 0 fully saturated rings. The Hall–Kier alpha value is -1.83. The number of anilines is 1. The van der Waals surface area contributed by atoms with Gasteiger partial charge in [0.05, 0.1) is 11.7 Å². The molecule has 0 saturated carbocycles. The van der Waals surface area contributed by atoms with Gasteiger partial charge in [0.25, 0.3) is 0 Å². The molecular weight excluding hydrogens is 225 g/mol. The smallest absolute Gasteiger partial charge is 0.146 e. The van der Waals surface area contributed by atoms with Crippen LogP contribution < -0.4 is 5.32 Å². The highest BCUT2D eigenvalue weighted by molar-refractivity contribution is 5.49. The number of hydrogen-bond acceptors (Lipinski definition) is 1. The molecule has 0 spiro atoms. The van der Waals surface area contributed by atoms with Gasteiger partial charge in [0.2, 0.25) is 0 Å². The molecule has 0 bridgehead atoms. The minimum absolute atomic E-state index is 0.182. The van der Waals surface area contributed by atoms with Crippen molar-refractivity contribution in [3.63, 3.8) is 0 Å². The van der Waals surface area contributed by atoms with Gasteiger partial charge < -0.3 is 5.32 Å². The summed E-state index contributed by atoms with van der Waals surface area (Å²) >= 11 is 0. The number of hydrogen-bond donors (Lipinski definition) is 1. The summed E-state index contributed by atoms with van der Waals surface area (Å²) in [6, 6.07) is 13.6. The quantitative estimate of drug-likeness (QED) is 0.829. The zero-order chi connectivity index (χ0) is 12.5. The van der Waals surface area contributed by atoms with Crippen molar-refractivity contribution in [2.75, 3.05) is 5.32 Å². The minimum Gasteiger partial charge on any atom is -0.376 e. The molecule has 0 heterocycles. The van der Waals surface area contributed by atoms with Crippen LogP contribution in [0.4, 0.5) is 10.1 Å². The van der Waals surface area contributed by atoms with Crippen LogP contribution in [0, 0.1) is 12.7 Å². The van der Waals surface area contributed by atoms with Gasteiger partial charge in [0, 0.05) is 0 Å². The number of halogens is 1. The molecule has 1 unspecified atom stereocenters. The average molecular weight is 241 g/mol. The lowest BCUT2D eigenvalue weighted by molar-refractivity contribution is 0.625. The second-order valence-electron chi connectivity index (χ2n) is 4.92. The minimum atomic E-state index is -0.182. The Morgan fingerprint density at radius 3 is 2.83 bits per heavy atom. The zero-order valence-corrected chi connectivity index (χ0v) is 10.4. The van der Waals surface area contributed by atoms with Gasteiger partial charge in [-0.15, -0.1) is 0 Å². The van der Waals surface area contributed by atoms with E-state index in [9.17, 15) is 4.39 Å². The van der Waals surface area contributed by atoms with E-state index in [1.165, 1.54) is 22.8 Å². The highest BCUT2D eigenvalue weighted by atomic mass is 19.1. The predicted molar refractivity (Wildman–Crippen MR) is 72.3 cm³/mol. The highest BCUT2D eigenvalue weighted by Crippen LogP contribution is 2.34. The Kier molecular flexibility index (Phi) is 2.78. The summed E-state index contributed by atoms with van der Waals surface area (Å²) in [6.07, 6.45) is 2.11. The molecule has 92 valence electrons. The molecule has 1 aliphatic rings. The maximum absolute atomic E-state index is 13.6. The molecule has 18 heavy (non-hydrogen) atoms. The molecule has 0 aliphatic heterocycles. The summed E-state index contributed by atoms with van der Waals surface area (Å²) in [4.78, 5) is 0. The van der Waals surface area contributed by atoms with Gasteiger partial charge in [-0.3, -0.25) is 0 Å². The number of para-hydroxylation sites is 1. The van der Waals surface area contributed by atoms with Crippen LogP contribution in [-0.4, -0.2) is 0 Å². The van der Waals surface area contributed by atoms with Crippen LogP contribution >= 0.6 is 0 Å². The summed E-state index contributed by atoms with van der Waals surface area (Å²) in [7, 11) is 0. The number of nitrogens with one attached hydrogen (secondary N) is 1. The average Bonchev–Trinajstić information content (AvgIpc) is 2.75. The van der Waals surface area contributed by atoms with E-state index in [0.717, 1.165) is 12.8 Å². The number of aryl methyl sites for hydroxylation is 2. The molecule has 3 rings (SSSR count). The van der Waals surface area contributed by atoms with Crippen molar-refractivity contribution in [2.45, 2.75) is 25.8 Å². The van der Waals surface area contributed by atoms with Crippen LogP contribution in [0.1, 0.15) is 29.2 Å². The summed E-state index contributed by atoms with van der Waals surface area (Å²) in [5, 5.41) is 3.32. The fourth-order valence-corrected chi connectivity index (χ4v) is 2.64. The normalized spacial score (nSPS) is 17.6. The van der Waals surface area contributed by atoms with Gasteiger partial charge in [0.1, 0.15) is 5.82 Å². The Morgan fingerprint density at radius 2 is 2.00 bits per heavy atom. The van der Waals surface area contributed by atoms with E-state index in [4.69, 9.17) is 0 Å². The molecule has 1 N–H and O–H groups in total. The van der Waals surface area contributed by atoms with E-state index in [1.54, 1.807) is 12.1 Å². The van der Waals surface area contributed by atoms with E-state index in [-0.39, 0.29) is 11.9 Å². The topological polar surface area (TPSA) is 12.0 Å². The van der Waals surface area contributed by atoms with Crippen molar-refractivity contribution in [2.24, 2.45) is 0 Å². The van der Waals surface area contributed by atoms with E-state index >= 15 is 0 Å². The number of fused-ring (bicyclic) bond motifs is 1. The van der Waals surface area contributed by atoms with Crippen LogP contribution in [0.5, 0.6) is 0 Å². The van der Waals surface area contributed by atoms with Crippen molar-refractivity contribution in [1.82, 2.24) is 0 Å². The van der Waals surface area contributed by atoms with Gasteiger partial charge >= 0.3 is 0 Å². The largest absolute Gasteiger partial charge is 0.376 e. The maximum Gasteiger partial charge on any atom is 0.146 e. The molecule has 2 aromatic rings. The third-order valence-electron chi connectivity index (χ3n) is 3.58. The van der Waals surface area contributed by atoms with E-state index in [2.05, 4.69) is 30.4 Å². The number of benzene rings is 2. The summed E-state index contributed by atoms with van der Waals surface area (Å²) < 4.78 is 13.6. The molecule has 2 heteroatoms. The Labute approximate surface area is 107 Å². The summed E-state index contributed by atoms with van der Waals surface area (Å²) in [6.45, 7) is 2.10. The monoisotopic (exact) mass is 241 g/mol. The van der Waals surface area contributed by atoms with Crippen LogP contribution in [0.3, 0.4) is 0 Å². The van der Waals surface area contributed by atoms with E-state index in [0.29, 0.717) is 5.69 Å². The zero-order valence-electron chi connectivity index (χ0n) is 10.4. The van der Waals surface area contributed by atoms with Crippen LogP contribution in [-0.2, 0) is 6.42 Å². The molecule has 2 aromatic carbocycles. The van der Waals surface area contributed by atoms with Crippen molar-refractivity contribution >= 4 is 5.69 Å². The maximum atomic E-state index is 13.6. The van der Waals surface area contributed by atoms with Gasteiger partial charge in [-0.05, 0) is 43.0 Å². The van der Waals surface area contributed by atoms with Crippen molar-refractivity contribution < 1.29 is 4.39 Å². The lowest BCUT2D eigenvalue weighted by atomic mass is 10.0. The first kappa shape index (κ1) is 11.3. The molecule has 1 atom stereocenters. The Bertz CT molecular complexity index is 577. The standard InChI is InChI=1S/C16H16FN/c1-11-6-7-12-8-9-15(13(12)10-11)18-16-5-3-2-4-14(16)17/h2-7,10,15,18H,8-9H2,1H3. The van der Waals surface area contributed by atoms with Crippen LogP contribution in [0.15, 0.2) is 42.5 Å². The highest BCUT2D eigenvalue weighted by Gasteiger charge is 2.22. The Balaban J connectivity index is 1.89. The summed E-state index contributed by atoms with van der Waals surface area (Å²) in [5.41, 5.74) is 4.56. The van der Waals surface area contributed by atoms with Gasteiger partial charge in [-0.25, -0.2) is 4.39 Å². The van der Waals surface area contributed by atoms with Crippen molar-refractivity contribution in [1.29, 1.82) is 0 Å². The molecule has 1 aliphatic carbocycles. The third kappa shape index (κ3) is 1.99. The van der Waals surface area contributed by atoms with Crippen LogP contribution in [0.2, 0.25) is 0 Å². The first-order valence-corrected chi connectivity index (χ1v) is 6.34. The Morgan fingerprint density at radius 1 is 1.17 bits per heavy atom. The fourth-order valence-electron chi connectivity index (χ4n) is 2.64. The molecule has 0 aromatic heterocycles. The van der Waals surface area contributed by atoms with Gasteiger partial charge in [-0.2, -0.15) is 0 Å². The lowest BCUT2D eigenvalue weighted by Gasteiger charge is -2.16. The van der Waals surface area contributed by atoms with Crippen molar-refractivity contribution in [3.05, 3.63) is 65.0 Å². The molecule has 1 nitrogen and oxygen atoms in total. The van der Waals surface area contributed by atoms with Crippen molar-refractivity contribution in [3.8, 4) is 0 Å². The first-order valence-electron chi connectivity index (χ1n) is 6.34. The number of rotatable bonds is 2. The predicted octanol–water partition coefficient (Wildman–Crippen LogP) is 4.23. The van der Waals surface area contributed by atoms with Gasteiger partial charge in [-0.1, -0.05) is 35.9 Å². The summed E-state index contributed by atoms with van der Waals surface area (Å²) in [5.74, 6) is -0.182. The van der Waals surface area contributed by atoms with Crippen LogP contribution in [0.25, 0.3) is 0 Å². The van der Waals surface area contributed by atoms with E-state index < -0.39 is 0 Å². The third-order valence-corrected chi connectivity index (χ3v) is 3.58. The molecule has 0 saturated heterocycles. The van der Waals surface area contributed by atoms with E-state index in [1.807, 2.05) is 6.07 Å². The molecule has 0 radical (unpaired) electrons. The fraction of sp³-hybridized carbons (Fsp3) is 0.250. The SMILES string of the molecule is Cc1ccc2c(c1)C(Nc1ccccc1F)CC2. The van der Waals surface area contributed by atoms with Gasteiger partial charge in [0.15, 0.2) is 0 Å².